The van der Waals surface area contributed by atoms with Gasteiger partial charge in [-0.25, -0.2) is 0 Å². The van der Waals surface area contributed by atoms with Crippen LogP contribution >= 0.6 is 15.9 Å². The lowest BCUT2D eigenvalue weighted by atomic mass is 10.1. The van der Waals surface area contributed by atoms with E-state index in [0.29, 0.717) is 15.7 Å². The summed E-state index contributed by atoms with van der Waals surface area (Å²) in [5.41, 5.74) is 1.47. The Morgan fingerprint density at radius 1 is 1.26 bits per heavy atom. The highest BCUT2D eigenvalue weighted by molar-refractivity contribution is 9.10. The van der Waals surface area contributed by atoms with Gasteiger partial charge in [0.2, 0.25) is 0 Å². The van der Waals surface area contributed by atoms with Crippen LogP contribution in [0.15, 0.2) is 46.9 Å². The second kappa shape index (κ2) is 5.59. The molecule has 0 bridgehead atoms. The highest BCUT2D eigenvalue weighted by Crippen LogP contribution is 2.23. The summed E-state index contributed by atoms with van der Waals surface area (Å²) >= 11 is 3.22. The predicted octanol–water partition coefficient (Wildman–Crippen LogP) is 3.39. The zero-order valence-corrected chi connectivity index (χ0v) is 11.4. The highest BCUT2D eigenvalue weighted by Gasteiger charge is 2.11. The lowest BCUT2D eigenvalue weighted by Crippen LogP contribution is -2.12. The van der Waals surface area contributed by atoms with E-state index in [4.69, 9.17) is 6.42 Å². The molecule has 2 N–H and O–H groups in total. The van der Waals surface area contributed by atoms with Gasteiger partial charge in [0.25, 0.3) is 5.91 Å². The van der Waals surface area contributed by atoms with Crippen molar-refractivity contribution in [3.8, 4) is 18.1 Å². The van der Waals surface area contributed by atoms with Crippen molar-refractivity contribution in [2.75, 3.05) is 5.32 Å². The molecule has 0 atom stereocenters. The lowest BCUT2D eigenvalue weighted by molar-refractivity contribution is 0.102. The molecule has 0 spiro atoms. The van der Waals surface area contributed by atoms with Crippen LogP contribution in [0.5, 0.6) is 5.75 Å². The molecule has 0 aromatic heterocycles. The van der Waals surface area contributed by atoms with Gasteiger partial charge in [-0.1, -0.05) is 27.9 Å². The van der Waals surface area contributed by atoms with Gasteiger partial charge in [0.1, 0.15) is 5.75 Å². The average molecular weight is 316 g/mol. The van der Waals surface area contributed by atoms with E-state index in [1.165, 1.54) is 6.07 Å². The summed E-state index contributed by atoms with van der Waals surface area (Å²) in [7, 11) is 0. The molecule has 94 valence electrons. The van der Waals surface area contributed by atoms with Crippen molar-refractivity contribution < 1.29 is 9.90 Å². The number of terminal acetylenes is 1. The molecule has 0 unspecified atom stereocenters. The van der Waals surface area contributed by atoms with Crippen molar-refractivity contribution in [1.29, 1.82) is 0 Å². The van der Waals surface area contributed by atoms with Crippen LogP contribution in [0.25, 0.3) is 0 Å². The van der Waals surface area contributed by atoms with E-state index < -0.39 is 0 Å². The van der Waals surface area contributed by atoms with Crippen LogP contribution < -0.4 is 5.32 Å². The number of hydrogen-bond acceptors (Lipinski definition) is 2. The van der Waals surface area contributed by atoms with E-state index in [9.17, 15) is 9.90 Å². The minimum atomic E-state index is -0.390. The first-order valence-electron chi connectivity index (χ1n) is 5.46. The maximum atomic E-state index is 12.0. The number of halogens is 1. The fraction of sp³-hybridized carbons (Fsp3) is 0. The number of aromatic hydroxyl groups is 1. The van der Waals surface area contributed by atoms with E-state index in [-0.39, 0.29) is 17.2 Å². The maximum Gasteiger partial charge on any atom is 0.259 e. The fourth-order valence-electron chi connectivity index (χ4n) is 1.58. The number of amides is 1. The third-order valence-corrected chi connectivity index (χ3v) is 2.98. The summed E-state index contributed by atoms with van der Waals surface area (Å²) in [5, 5.41) is 12.4. The minimum Gasteiger partial charge on any atom is -0.507 e. The third kappa shape index (κ3) is 3.15. The van der Waals surface area contributed by atoms with Gasteiger partial charge in [-0.3, -0.25) is 4.79 Å². The van der Waals surface area contributed by atoms with Crippen molar-refractivity contribution in [1.82, 2.24) is 0 Å². The van der Waals surface area contributed by atoms with E-state index in [2.05, 4.69) is 27.2 Å². The first kappa shape index (κ1) is 13.2. The first-order valence-corrected chi connectivity index (χ1v) is 6.26. The normalized spacial score (nSPS) is 9.68. The van der Waals surface area contributed by atoms with Gasteiger partial charge in [0, 0.05) is 15.7 Å². The second-order valence-corrected chi connectivity index (χ2v) is 4.76. The summed E-state index contributed by atoms with van der Waals surface area (Å²) in [6.45, 7) is 0. The van der Waals surface area contributed by atoms with Crippen LogP contribution in [0.4, 0.5) is 5.69 Å². The Morgan fingerprint density at radius 3 is 2.74 bits per heavy atom. The molecular formula is C15H10BrNO2. The molecule has 0 radical (unpaired) electrons. The minimum absolute atomic E-state index is 0.0834. The zero-order chi connectivity index (χ0) is 13.8. The van der Waals surface area contributed by atoms with Gasteiger partial charge < -0.3 is 10.4 Å². The topological polar surface area (TPSA) is 49.3 Å². The van der Waals surface area contributed by atoms with Gasteiger partial charge in [0.05, 0.1) is 5.56 Å². The Hall–Kier alpha value is -2.25. The summed E-state index contributed by atoms with van der Waals surface area (Å²) in [6, 6.07) is 11.6. The molecule has 1 amide bonds. The Bertz CT molecular complexity index is 674. The van der Waals surface area contributed by atoms with Crippen molar-refractivity contribution >= 4 is 27.5 Å². The van der Waals surface area contributed by atoms with E-state index in [0.717, 1.165) is 0 Å². The van der Waals surface area contributed by atoms with Gasteiger partial charge in [-0.05, 0) is 36.4 Å². The van der Waals surface area contributed by atoms with Crippen molar-refractivity contribution in [3.63, 3.8) is 0 Å². The number of phenols is 1. The third-order valence-electron chi connectivity index (χ3n) is 2.49. The largest absolute Gasteiger partial charge is 0.507 e. The van der Waals surface area contributed by atoms with Crippen LogP contribution in [0, 0.1) is 12.3 Å². The molecule has 0 aliphatic heterocycles. The Kier molecular flexibility index (Phi) is 3.88. The zero-order valence-electron chi connectivity index (χ0n) is 9.85. The van der Waals surface area contributed by atoms with Crippen molar-refractivity contribution in [3.05, 3.63) is 58.1 Å². The second-order valence-electron chi connectivity index (χ2n) is 3.84. The molecule has 2 rings (SSSR count). The fourth-order valence-corrected chi connectivity index (χ4v) is 1.93. The lowest BCUT2D eigenvalue weighted by Gasteiger charge is -2.07. The predicted molar refractivity (Wildman–Crippen MR) is 78.1 cm³/mol. The van der Waals surface area contributed by atoms with E-state index in [1.54, 1.807) is 36.4 Å². The number of hydrogen-bond donors (Lipinski definition) is 2. The summed E-state index contributed by atoms with van der Waals surface area (Å²) in [6.07, 6.45) is 5.29. The summed E-state index contributed by atoms with van der Waals surface area (Å²) in [5.74, 6) is 2.02. The van der Waals surface area contributed by atoms with Crippen LogP contribution in [-0.2, 0) is 0 Å². The molecule has 2 aromatic rings. The van der Waals surface area contributed by atoms with Crippen LogP contribution in [0.1, 0.15) is 15.9 Å². The van der Waals surface area contributed by atoms with Gasteiger partial charge >= 0.3 is 0 Å². The number of anilines is 1. The smallest absolute Gasteiger partial charge is 0.259 e. The van der Waals surface area contributed by atoms with Crippen molar-refractivity contribution in [2.24, 2.45) is 0 Å². The Balaban J connectivity index is 2.23. The molecule has 0 heterocycles. The van der Waals surface area contributed by atoms with Crippen molar-refractivity contribution in [2.45, 2.75) is 0 Å². The Morgan fingerprint density at radius 2 is 2.05 bits per heavy atom. The van der Waals surface area contributed by atoms with Crippen LogP contribution in [-0.4, -0.2) is 11.0 Å². The number of phenolic OH excluding ortho intramolecular Hbond substituents is 1. The van der Waals surface area contributed by atoms with E-state index in [1.807, 2.05) is 0 Å². The number of benzene rings is 2. The van der Waals surface area contributed by atoms with E-state index >= 15 is 0 Å². The summed E-state index contributed by atoms with van der Waals surface area (Å²) in [4.78, 5) is 12.0. The maximum absolute atomic E-state index is 12.0. The molecule has 0 aliphatic rings. The first-order chi connectivity index (χ1) is 9.10. The number of rotatable bonds is 2. The van der Waals surface area contributed by atoms with Gasteiger partial charge in [-0.2, -0.15) is 0 Å². The number of carbonyl (C=O) groups excluding carboxylic acids is 1. The SMILES string of the molecule is C#Cc1cccc(NC(=O)c2ccc(Br)cc2O)c1. The number of nitrogens with one attached hydrogen (secondary N) is 1. The molecule has 19 heavy (non-hydrogen) atoms. The molecule has 0 saturated carbocycles. The number of carbonyl (C=O) groups is 1. The van der Waals surface area contributed by atoms with Gasteiger partial charge in [0.15, 0.2) is 0 Å². The van der Waals surface area contributed by atoms with Crippen LogP contribution in [0.2, 0.25) is 0 Å². The molecule has 3 nitrogen and oxygen atoms in total. The highest BCUT2D eigenvalue weighted by atomic mass is 79.9. The monoisotopic (exact) mass is 315 g/mol. The quantitative estimate of drug-likeness (QED) is 0.835. The molecule has 0 aliphatic carbocycles. The van der Waals surface area contributed by atoms with Crippen LogP contribution in [0.3, 0.4) is 0 Å². The standard InChI is InChI=1S/C15H10BrNO2/c1-2-10-4-3-5-12(8-10)17-15(19)13-7-6-11(16)9-14(13)18/h1,3-9,18H,(H,17,19). The molecule has 4 heteroatoms. The van der Waals surface area contributed by atoms with Gasteiger partial charge in [-0.15, -0.1) is 6.42 Å². The Labute approximate surface area is 119 Å². The summed E-state index contributed by atoms with van der Waals surface area (Å²) < 4.78 is 0.705. The average Bonchev–Trinajstić information content (AvgIpc) is 2.38. The molecule has 0 saturated heterocycles. The molecule has 2 aromatic carbocycles. The molecular weight excluding hydrogens is 306 g/mol. The molecule has 0 fully saturated rings.